The average molecular weight is 539 g/mol. The van der Waals surface area contributed by atoms with Gasteiger partial charge in [-0.05, 0) is 73.8 Å². The molecule has 0 radical (unpaired) electrons. The van der Waals surface area contributed by atoms with E-state index in [0.717, 1.165) is 23.7 Å². The Morgan fingerprint density at radius 1 is 0.925 bits per heavy atom. The van der Waals surface area contributed by atoms with E-state index in [0.29, 0.717) is 34.4 Å². The number of aromatic nitrogens is 2. The van der Waals surface area contributed by atoms with Gasteiger partial charge >= 0.3 is 0 Å². The fraction of sp³-hybridized carbons (Fsp3) is 0.129. The maximum atomic E-state index is 14.7. The summed E-state index contributed by atoms with van der Waals surface area (Å²) in [6.07, 6.45) is 0. The molecule has 0 saturated heterocycles. The van der Waals surface area contributed by atoms with Crippen LogP contribution in [0.1, 0.15) is 21.5 Å². The number of nitrogens with one attached hydrogen (secondary N) is 2. The standard InChI is InChI=1S/C31H28F2N6O/c1-39(2)18-19-10-11-21(17-34)27(16-19)36-30(40)20-12-14-22(15-13-20)35-31-37-26-9-4-3-6-23(26)29(38-31)24-7-5-8-25(32)28(24)33/h3-16H,17-18,34H2,1-2H3,(H,36,40)(H,35,37,38). The lowest BCUT2D eigenvalue weighted by atomic mass is 10.1. The fourth-order valence-corrected chi connectivity index (χ4v) is 4.43. The second kappa shape index (κ2) is 11.6. The first kappa shape index (κ1) is 26.9. The predicted molar refractivity (Wildman–Crippen MR) is 154 cm³/mol. The van der Waals surface area contributed by atoms with Gasteiger partial charge in [0.05, 0.1) is 11.2 Å². The number of rotatable bonds is 8. The van der Waals surface area contributed by atoms with Crippen LogP contribution in [-0.4, -0.2) is 34.9 Å². The molecule has 5 rings (SSSR count). The van der Waals surface area contributed by atoms with Crippen LogP contribution in [0.4, 0.5) is 26.1 Å². The smallest absolute Gasteiger partial charge is 0.255 e. The molecule has 1 heterocycles. The molecule has 0 atom stereocenters. The highest BCUT2D eigenvalue weighted by Crippen LogP contribution is 2.31. The Balaban J connectivity index is 1.39. The first-order valence-corrected chi connectivity index (χ1v) is 12.7. The summed E-state index contributed by atoms with van der Waals surface area (Å²) in [6.45, 7) is 1.03. The Labute approximate surface area is 230 Å². The van der Waals surface area contributed by atoms with Crippen molar-refractivity contribution in [2.24, 2.45) is 5.73 Å². The summed E-state index contributed by atoms with van der Waals surface area (Å²) < 4.78 is 28.7. The van der Waals surface area contributed by atoms with Gasteiger partial charge in [0.15, 0.2) is 11.6 Å². The number of para-hydroxylation sites is 1. The monoisotopic (exact) mass is 538 g/mol. The molecular formula is C31H28F2N6O. The van der Waals surface area contributed by atoms with Crippen LogP contribution in [-0.2, 0) is 13.1 Å². The molecule has 1 amide bonds. The number of benzene rings is 4. The summed E-state index contributed by atoms with van der Waals surface area (Å²) in [5.41, 5.74) is 10.4. The van der Waals surface area contributed by atoms with Crippen molar-refractivity contribution in [3.8, 4) is 11.3 Å². The number of carbonyl (C=O) groups excluding carboxylic acids is 1. The second-order valence-corrected chi connectivity index (χ2v) is 9.60. The molecule has 202 valence electrons. The topological polar surface area (TPSA) is 96.2 Å². The number of amides is 1. The Morgan fingerprint density at radius 3 is 2.45 bits per heavy atom. The molecule has 5 aromatic rings. The summed E-state index contributed by atoms with van der Waals surface area (Å²) >= 11 is 0. The molecule has 4 aromatic carbocycles. The fourth-order valence-electron chi connectivity index (χ4n) is 4.43. The minimum absolute atomic E-state index is 0.0418. The third-order valence-electron chi connectivity index (χ3n) is 6.35. The number of hydrogen-bond acceptors (Lipinski definition) is 6. The van der Waals surface area contributed by atoms with Crippen molar-refractivity contribution >= 4 is 34.1 Å². The first-order chi connectivity index (χ1) is 19.3. The van der Waals surface area contributed by atoms with Crippen LogP contribution in [0.3, 0.4) is 0 Å². The summed E-state index contributed by atoms with van der Waals surface area (Å²) in [5.74, 6) is -1.99. The van der Waals surface area contributed by atoms with Gasteiger partial charge in [0.2, 0.25) is 5.95 Å². The summed E-state index contributed by atoms with van der Waals surface area (Å²) in [6, 6.07) is 23.8. The van der Waals surface area contributed by atoms with Gasteiger partial charge in [-0.25, -0.2) is 18.7 Å². The Bertz CT molecular complexity index is 1690. The molecule has 0 bridgehead atoms. The van der Waals surface area contributed by atoms with E-state index >= 15 is 0 Å². The largest absolute Gasteiger partial charge is 0.326 e. The number of fused-ring (bicyclic) bond motifs is 1. The molecule has 7 nitrogen and oxygen atoms in total. The maximum Gasteiger partial charge on any atom is 0.255 e. The highest BCUT2D eigenvalue weighted by molar-refractivity contribution is 6.05. The molecule has 0 saturated carbocycles. The van der Waals surface area contributed by atoms with Gasteiger partial charge in [-0.3, -0.25) is 4.79 Å². The minimum atomic E-state index is -0.974. The summed E-state index contributed by atoms with van der Waals surface area (Å²) in [5, 5.41) is 6.67. The molecule has 0 aliphatic heterocycles. The van der Waals surface area contributed by atoms with E-state index in [1.807, 2.05) is 43.3 Å². The van der Waals surface area contributed by atoms with Crippen LogP contribution in [0.5, 0.6) is 0 Å². The van der Waals surface area contributed by atoms with E-state index < -0.39 is 11.6 Å². The number of hydrogen-bond donors (Lipinski definition) is 3. The molecule has 1 aromatic heterocycles. The average Bonchev–Trinajstić information content (AvgIpc) is 2.94. The van der Waals surface area contributed by atoms with E-state index in [-0.39, 0.29) is 23.1 Å². The van der Waals surface area contributed by atoms with Gasteiger partial charge in [-0.15, -0.1) is 0 Å². The highest BCUT2D eigenvalue weighted by Gasteiger charge is 2.16. The van der Waals surface area contributed by atoms with Crippen LogP contribution >= 0.6 is 0 Å². The quantitative estimate of drug-likeness (QED) is 0.221. The molecule has 4 N–H and O–H groups in total. The summed E-state index contributed by atoms with van der Waals surface area (Å²) in [7, 11) is 3.96. The Hall–Kier alpha value is -4.73. The zero-order valence-corrected chi connectivity index (χ0v) is 22.1. The number of nitrogens with two attached hydrogens (primary N) is 1. The molecule has 0 spiro atoms. The normalized spacial score (nSPS) is 11.2. The lowest BCUT2D eigenvalue weighted by Gasteiger charge is -2.15. The number of anilines is 3. The SMILES string of the molecule is CN(C)Cc1ccc(CN)c(NC(=O)c2ccc(Nc3nc(-c4cccc(F)c4F)c4ccccc4n3)cc2)c1. The van der Waals surface area contributed by atoms with Crippen molar-refractivity contribution in [1.82, 2.24) is 14.9 Å². The van der Waals surface area contributed by atoms with Crippen LogP contribution in [0, 0.1) is 11.6 Å². The number of halogens is 2. The van der Waals surface area contributed by atoms with Crippen molar-refractivity contribution in [1.29, 1.82) is 0 Å². The highest BCUT2D eigenvalue weighted by atomic mass is 19.2. The Kier molecular flexibility index (Phi) is 7.77. The van der Waals surface area contributed by atoms with Crippen molar-refractivity contribution in [2.45, 2.75) is 13.1 Å². The third kappa shape index (κ3) is 5.80. The van der Waals surface area contributed by atoms with Crippen molar-refractivity contribution in [3.63, 3.8) is 0 Å². The van der Waals surface area contributed by atoms with Crippen LogP contribution < -0.4 is 16.4 Å². The predicted octanol–water partition coefficient (Wildman–Crippen LogP) is 6.09. The molecular weight excluding hydrogens is 510 g/mol. The zero-order chi connectivity index (χ0) is 28.2. The lowest BCUT2D eigenvalue weighted by Crippen LogP contribution is -2.16. The van der Waals surface area contributed by atoms with E-state index in [2.05, 4.69) is 20.6 Å². The van der Waals surface area contributed by atoms with Crippen LogP contribution in [0.25, 0.3) is 22.2 Å². The van der Waals surface area contributed by atoms with E-state index in [4.69, 9.17) is 5.73 Å². The number of nitrogens with zero attached hydrogens (tertiary/aromatic N) is 3. The van der Waals surface area contributed by atoms with Gasteiger partial charge in [-0.2, -0.15) is 0 Å². The molecule has 0 unspecified atom stereocenters. The molecule has 0 aliphatic rings. The zero-order valence-electron chi connectivity index (χ0n) is 22.1. The Morgan fingerprint density at radius 2 is 1.70 bits per heavy atom. The number of carbonyl (C=O) groups is 1. The van der Waals surface area contributed by atoms with Gasteiger partial charge in [0.25, 0.3) is 5.91 Å². The third-order valence-corrected chi connectivity index (χ3v) is 6.35. The molecule has 0 aliphatic carbocycles. The minimum Gasteiger partial charge on any atom is -0.326 e. The maximum absolute atomic E-state index is 14.7. The molecule has 40 heavy (non-hydrogen) atoms. The second-order valence-electron chi connectivity index (χ2n) is 9.60. The van der Waals surface area contributed by atoms with E-state index in [1.54, 1.807) is 42.5 Å². The van der Waals surface area contributed by atoms with Crippen molar-refractivity contribution < 1.29 is 13.6 Å². The van der Waals surface area contributed by atoms with Crippen molar-refractivity contribution in [3.05, 3.63) is 113 Å². The van der Waals surface area contributed by atoms with Crippen LogP contribution in [0.15, 0.2) is 84.9 Å². The van der Waals surface area contributed by atoms with Gasteiger partial charge in [0, 0.05) is 41.0 Å². The first-order valence-electron chi connectivity index (χ1n) is 12.7. The van der Waals surface area contributed by atoms with Crippen molar-refractivity contribution in [2.75, 3.05) is 24.7 Å². The van der Waals surface area contributed by atoms with E-state index in [1.165, 1.54) is 12.1 Å². The molecule has 0 fully saturated rings. The van der Waals surface area contributed by atoms with Gasteiger partial charge in [-0.1, -0.05) is 36.4 Å². The van der Waals surface area contributed by atoms with Crippen LogP contribution in [0.2, 0.25) is 0 Å². The summed E-state index contributed by atoms with van der Waals surface area (Å²) in [4.78, 5) is 24.1. The molecule has 9 heteroatoms. The van der Waals surface area contributed by atoms with Gasteiger partial charge < -0.3 is 21.3 Å². The van der Waals surface area contributed by atoms with E-state index in [9.17, 15) is 13.6 Å². The lowest BCUT2D eigenvalue weighted by molar-refractivity contribution is 0.102. The van der Waals surface area contributed by atoms with Gasteiger partial charge in [0.1, 0.15) is 0 Å².